The normalized spacial score (nSPS) is 15.3. The van der Waals surface area contributed by atoms with E-state index in [0.29, 0.717) is 0 Å². The van der Waals surface area contributed by atoms with E-state index in [1.54, 1.807) is 0 Å². The van der Waals surface area contributed by atoms with Crippen LogP contribution in [0.1, 0.15) is 38.5 Å². The molecule has 1 fully saturated rings. The van der Waals surface area contributed by atoms with Gasteiger partial charge in [0.2, 0.25) is 5.91 Å². The van der Waals surface area contributed by atoms with Crippen molar-refractivity contribution in [3.8, 4) is 0 Å². The van der Waals surface area contributed by atoms with Crippen molar-refractivity contribution in [2.45, 2.75) is 38.5 Å². The van der Waals surface area contributed by atoms with Crippen molar-refractivity contribution >= 4 is 28.8 Å². The summed E-state index contributed by atoms with van der Waals surface area (Å²) in [6, 6.07) is 4.03. The molecule has 22 heavy (non-hydrogen) atoms. The predicted octanol–water partition coefficient (Wildman–Crippen LogP) is 2.66. The second-order valence-electron chi connectivity index (χ2n) is 5.56. The maximum absolute atomic E-state index is 12.0. The second kappa shape index (κ2) is 7.02. The minimum absolute atomic E-state index is 0.0275. The molecule has 1 saturated carbocycles. The van der Waals surface area contributed by atoms with Gasteiger partial charge in [0.1, 0.15) is 11.5 Å². The van der Waals surface area contributed by atoms with E-state index in [4.69, 9.17) is 5.73 Å². The van der Waals surface area contributed by atoms with Gasteiger partial charge in [-0.05, 0) is 25.0 Å². The SMILES string of the molecule is Nc1ccc(NC(=O)CC(=O)C2CCCCC2)cc1[N+](=O)[O-]. The van der Waals surface area contributed by atoms with Gasteiger partial charge in [-0.15, -0.1) is 0 Å². The zero-order valence-electron chi connectivity index (χ0n) is 12.2. The lowest BCUT2D eigenvalue weighted by molar-refractivity contribution is -0.383. The largest absolute Gasteiger partial charge is 0.393 e. The van der Waals surface area contributed by atoms with Crippen LogP contribution in [-0.4, -0.2) is 16.6 Å². The molecule has 1 amide bonds. The Kier molecular flexibility index (Phi) is 5.08. The first kappa shape index (κ1) is 15.9. The van der Waals surface area contributed by atoms with Gasteiger partial charge < -0.3 is 11.1 Å². The third-order valence-corrected chi connectivity index (χ3v) is 3.91. The van der Waals surface area contributed by atoms with Crippen LogP contribution in [0.3, 0.4) is 0 Å². The molecule has 1 aliphatic carbocycles. The first-order valence-electron chi connectivity index (χ1n) is 7.34. The van der Waals surface area contributed by atoms with Crippen LogP contribution in [0.15, 0.2) is 18.2 Å². The average Bonchev–Trinajstić information content (AvgIpc) is 2.49. The van der Waals surface area contributed by atoms with E-state index in [0.717, 1.165) is 32.1 Å². The van der Waals surface area contributed by atoms with E-state index in [2.05, 4.69) is 5.32 Å². The van der Waals surface area contributed by atoms with Crippen LogP contribution in [0.4, 0.5) is 17.1 Å². The Bertz CT molecular complexity index is 594. The summed E-state index contributed by atoms with van der Waals surface area (Å²) < 4.78 is 0. The van der Waals surface area contributed by atoms with Gasteiger partial charge in [-0.25, -0.2) is 0 Å². The van der Waals surface area contributed by atoms with Crippen LogP contribution in [0.5, 0.6) is 0 Å². The van der Waals surface area contributed by atoms with E-state index in [1.165, 1.54) is 18.2 Å². The summed E-state index contributed by atoms with van der Waals surface area (Å²) in [5, 5.41) is 13.3. The van der Waals surface area contributed by atoms with Crippen molar-refractivity contribution in [2.75, 3.05) is 11.1 Å². The minimum Gasteiger partial charge on any atom is -0.393 e. The van der Waals surface area contributed by atoms with E-state index >= 15 is 0 Å². The zero-order valence-corrected chi connectivity index (χ0v) is 12.2. The summed E-state index contributed by atoms with van der Waals surface area (Å²) in [5.74, 6) is -0.531. The van der Waals surface area contributed by atoms with Crippen LogP contribution < -0.4 is 11.1 Å². The molecule has 3 N–H and O–H groups in total. The summed E-state index contributed by atoms with van der Waals surface area (Å²) in [5.41, 5.74) is 5.52. The summed E-state index contributed by atoms with van der Waals surface area (Å²) in [6.07, 6.45) is 4.71. The fourth-order valence-electron chi connectivity index (χ4n) is 2.71. The van der Waals surface area contributed by atoms with Crippen molar-refractivity contribution in [2.24, 2.45) is 5.92 Å². The van der Waals surface area contributed by atoms with Gasteiger partial charge in [0.15, 0.2) is 0 Å². The number of nitrogens with zero attached hydrogens (tertiary/aromatic N) is 1. The number of nitro groups is 1. The number of Topliss-reactive ketones (excluding diaryl/α,β-unsaturated/α-hetero) is 1. The van der Waals surface area contributed by atoms with Gasteiger partial charge in [-0.1, -0.05) is 19.3 Å². The molecule has 0 saturated heterocycles. The molecular formula is C15H19N3O4. The first-order chi connectivity index (χ1) is 10.5. The molecule has 2 rings (SSSR count). The average molecular weight is 305 g/mol. The first-order valence-corrected chi connectivity index (χ1v) is 7.34. The molecule has 1 aromatic rings. The fraction of sp³-hybridized carbons (Fsp3) is 0.467. The van der Waals surface area contributed by atoms with E-state index in [9.17, 15) is 19.7 Å². The summed E-state index contributed by atoms with van der Waals surface area (Å²) >= 11 is 0. The summed E-state index contributed by atoms with van der Waals surface area (Å²) in [4.78, 5) is 34.1. The highest BCUT2D eigenvalue weighted by atomic mass is 16.6. The van der Waals surface area contributed by atoms with E-state index in [1.807, 2.05) is 0 Å². The Morgan fingerprint density at radius 3 is 2.59 bits per heavy atom. The van der Waals surface area contributed by atoms with Crippen molar-refractivity contribution < 1.29 is 14.5 Å². The third-order valence-electron chi connectivity index (χ3n) is 3.91. The number of carbonyl (C=O) groups is 2. The van der Waals surface area contributed by atoms with Crippen LogP contribution in [0.2, 0.25) is 0 Å². The van der Waals surface area contributed by atoms with E-state index in [-0.39, 0.29) is 35.2 Å². The predicted molar refractivity (Wildman–Crippen MR) is 82.3 cm³/mol. The number of benzene rings is 1. The van der Waals surface area contributed by atoms with Crippen molar-refractivity contribution in [1.29, 1.82) is 0 Å². The number of ketones is 1. The van der Waals surface area contributed by atoms with Gasteiger partial charge in [-0.3, -0.25) is 19.7 Å². The molecule has 1 aromatic carbocycles. The maximum Gasteiger partial charge on any atom is 0.294 e. The van der Waals surface area contributed by atoms with Crippen LogP contribution in [-0.2, 0) is 9.59 Å². The summed E-state index contributed by atoms with van der Waals surface area (Å²) in [7, 11) is 0. The number of carbonyl (C=O) groups excluding carboxylic acids is 2. The topological polar surface area (TPSA) is 115 Å². The van der Waals surface area contributed by atoms with Gasteiger partial charge in [0.25, 0.3) is 5.69 Å². The Labute approximate surface area is 128 Å². The Balaban J connectivity index is 1.95. The van der Waals surface area contributed by atoms with Gasteiger partial charge in [0, 0.05) is 17.7 Å². The lowest BCUT2D eigenvalue weighted by Crippen LogP contribution is -2.23. The molecule has 1 aliphatic rings. The quantitative estimate of drug-likeness (QED) is 0.375. The minimum atomic E-state index is -0.613. The zero-order chi connectivity index (χ0) is 16.1. The third kappa shape index (κ3) is 4.03. The van der Waals surface area contributed by atoms with Crippen LogP contribution >= 0.6 is 0 Å². The lowest BCUT2D eigenvalue weighted by Gasteiger charge is -2.19. The molecule has 0 radical (unpaired) electrons. The van der Waals surface area contributed by atoms with Crippen molar-refractivity contribution in [1.82, 2.24) is 0 Å². The number of nitrogens with one attached hydrogen (secondary N) is 1. The van der Waals surface area contributed by atoms with Gasteiger partial charge in [-0.2, -0.15) is 0 Å². The maximum atomic E-state index is 12.0. The summed E-state index contributed by atoms with van der Waals surface area (Å²) in [6.45, 7) is 0. The number of anilines is 2. The highest BCUT2D eigenvalue weighted by Crippen LogP contribution is 2.27. The Morgan fingerprint density at radius 1 is 1.27 bits per heavy atom. The smallest absolute Gasteiger partial charge is 0.294 e. The number of nitrogens with two attached hydrogens (primary N) is 1. The monoisotopic (exact) mass is 305 g/mol. The molecule has 0 aliphatic heterocycles. The number of hydrogen-bond donors (Lipinski definition) is 2. The van der Waals surface area contributed by atoms with Gasteiger partial charge in [0.05, 0.1) is 11.3 Å². The van der Waals surface area contributed by atoms with Crippen LogP contribution in [0, 0.1) is 16.0 Å². The van der Waals surface area contributed by atoms with Crippen LogP contribution in [0.25, 0.3) is 0 Å². The number of nitro benzene ring substituents is 1. The molecule has 0 heterocycles. The Morgan fingerprint density at radius 2 is 1.95 bits per heavy atom. The molecule has 7 heteroatoms. The van der Waals surface area contributed by atoms with Crippen molar-refractivity contribution in [3.05, 3.63) is 28.3 Å². The highest BCUT2D eigenvalue weighted by Gasteiger charge is 2.23. The molecule has 0 bridgehead atoms. The van der Waals surface area contributed by atoms with E-state index < -0.39 is 10.8 Å². The number of amides is 1. The standard InChI is InChI=1S/C15H19N3O4/c16-12-7-6-11(8-13(12)18(21)22)17-15(20)9-14(19)10-4-2-1-3-5-10/h6-8,10H,1-5,9,16H2,(H,17,20). The number of rotatable bonds is 5. The molecule has 0 unspecified atom stereocenters. The lowest BCUT2D eigenvalue weighted by atomic mass is 9.85. The van der Waals surface area contributed by atoms with Gasteiger partial charge >= 0.3 is 0 Å². The molecule has 7 nitrogen and oxygen atoms in total. The molecule has 0 atom stereocenters. The molecular weight excluding hydrogens is 286 g/mol. The molecule has 0 aromatic heterocycles. The number of nitrogen functional groups attached to an aromatic ring is 1. The van der Waals surface area contributed by atoms with Crippen molar-refractivity contribution in [3.63, 3.8) is 0 Å². The number of hydrogen-bond acceptors (Lipinski definition) is 5. The second-order valence-corrected chi connectivity index (χ2v) is 5.56. The fourth-order valence-corrected chi connectivity index (χ4v) is 2.71. The Hall–Kier alpha value is -2.44. The molecule has 0 spiro atoms. The highest BCUT2D eigenvalue weighted by molar-refractivity contribution is 6.05. The molecule has 118 valence electrons.